The van der Waals surface area contributed by atoms with Crippen LogP contribution in [0.25, 0.3) is 10.8 Å². The van der Waals surface area contributed by atoms with Crippen molar-refractivity contribution in [3.05, 3.63) is 24.7 Å². The van der Waals surface area contributed by atoms with Crippen LogP contribution in [0.15, 0.2) is 29.1 Å². The van der Waals surface area contributed by atoms with Gasteiger partial charge in [-0.05, 0) is 12.1 Å². The van der Waals surface area contributed by atoms with E-state index >= 15 is 0 Å². The number of hydrogen-bond donors (Lipinski definition) is 3. The van der Waals surface area contributed by atoms with Crippen molar-refractivity contribution < 1.29 is 38.9 Å². The van der Waals surface area contributed by atoms with Gasteiger partial charge in [-0.25, -0.2) is 4.79 Å². The van der Waals surface area contributed by atoms with Crippen LogP contribution in [0, 0.1) is 0 Å². The molecule has 0 atom stereocenters. The minimum absolute atomic E-state index is 0.0591. The van der Waals surface area contributed by atoms with E-state index in [1.807, 2.05) is 0 Å². The summed E-state index contributed by atoms with van der Waals surface area (Å²) < 4.78 is 10.2. The first-order chi connectivity index (χ1) is 10.9. The van der Waals surface area contributed by atoms with Gasteiger partial charge in [0.25, 0.3) is 0 Å². The van der Waals surface area contributed by atoms with Gasteiger partial charge in [-0.3, -0.25) is 9.59 Å². The second-order valence-corrected chi connectivity index (χ2v) is 4.65. The first-order valence-electron chi connectivity index (χ1n) is 6.40. The molecular weight excluding hydrogens is 310 g/mol. The molecule has 0 aliphatic carbocycles. The number of anilines is 1. The van der Waals surface area contributed by atoms with Gasteiger partial charge in [0.05, 0.1) is 18.2 Å². The van der Waals surface area contributed by atoms with Gasteiger partial charge in [0.1, 0.15) is 18.8 Å². The average molecular weight is 323 g/mol. The summed E-state index contributed by atoms with van der Waals surface area (Å²) in [6.07, 6.45) is 2.81. The largest absolute Gasteiger partial charge is 0.480 e. The number of aliphatic carboxylic acids is 3. The molecule has 0 fully saturated rings. The molecule has 1 heterocycles. The Balaban J connectivity index is 2.47. The van der Waals surface area contributed by atoms with E-state index in [0.29, 0.717) is 10.8 Å². The maximum absolute atomic E-state index is 11.0. The van der Waals surface area contributed by atoms with Crippen LogP contribution in [0.5, 0.6) is 5.75 Å². The van der Waals surface area contributed by atoms with E-state index < -0.39 is 37.6 Å². The Morgan fingerprint density at radius 3 is 2.04 bits per heavy atom. The first kappa shape index (κ1) is 16.1. The Bertz CT molecular complexity index is 734. The van der Waals surface area contributed by atoms with Gasteiger partial charge >= 0.3 is 17.9 Å². The standard InChI is InChI=1S/C14H13NO8/c16-12(17)3-15(4-13(18)19)10-1-8-5-22-6-9(8)2-11(10)23-7-14(20)21/h1-2,5-6H,3-4,7H2,(H,16,17)(H,18,19)(H,20,21). The van der Waals surface area contributed by atoms with Gasteiger partial charge in [0.15, 0.2) is 6.61 Å². The van der Waals surface area contributed by atoms with Crippen molar-refractivity contribution in [3.8, 4) is 5.75 Å². The van der Waals surface area contributed by atoms with Crippen LogP contribution in [-0.2, 0) is 14.4 Å². The average Bonchev–Trinajstić information content (AvgIpc) is 2.89. The summed E-state index contributed by atoms with van der Waals surface area (Å²) >= 11 is 0. The smallest absolute Gasteiger partial charge is 0.341 e. The molecule has 9 heteroatoms. The van der Waals surface area contributed by atoms with E-state index in [1.165, 1.54) is 24.7 Å². The van der Waals surface area contributed by atoms with Gasteiger partial charge in [-0.2, -0.15) is 0 Å². The molecule has 23 heavy (non-hydrogen) atoms. The predicted molar refractivity (Wildman–Crippen MR) is 76.8 cm³/mol. The molecule has 0 unspecified atom stereocenters. The third-order valence-electron chi connectivity index (χ3n) is 2.90. The molecule has 1 aromatic heterocycles. The molecule has 0 aliphatic heterocycles. The quantitative estimate of drug-likeness (QED) is 0.646. The number of benzene rings is 1. The molecule has 9 nitrogen and oxygen atoms in total. The number of rotatable bonds is 8. The molecule has 0 aliphatic rings. The Labute approximate surface area is 129 Å². The number of nitrogens with zero attached hydrogens (tertiary/aromatic N) is 1. The molecule has 0 saturated heterocycles. The van der Waals surface area contributed by atoms with Gasteiger partial charge < -0.3 is 29.4 Å². The number of furan rings is 1. The van der Waals surface area contributed by atoms with Crippen molar-refractivity contribution in [1.82, 2.24) is 0 Å². The lowest BCUT2D eigenvalue weighted by Crippen LogP contribution is -2.34. The Morgan fingerprint density at radius 2 is 1.52 bits per heavy atom. The van der Waals surface area contributed by atoms with E-state index in [4.69, 9.17) is 24.5 Å². The van der Waals surface area contributed by atoms with E-state index in [9.17, 15) is 14.4 Å². The van der Waals surface area contributed by atoms with Gasteiger partial charge in [-0.1, -0.05) is 0 Å². The van der Waals surface area contributed by atoms with Crippen molar-refractivity contribution in [1.29, 1.82) is 0 Å². The fraction of sp³-hybridized carbons (Fsp3) is 0.214. The van der Waals surface area contributed by atoms with E-state index in [-0.39, 0.29) is 11.4 Å². The maximum atomic E-state index is 11.0. The summed E-state index contributed by atoms with van der Waals surface area (Å²) in [6, 6.07) is 2.95. The lowest BCUT2D eigenvalue weighted by molar-refractivity contribution is -0.140. The zero-order valence-electron chi connectivity index (χ0n) is 11.8. The van der Waals surface area contributed by atoms with Gasteiger partial charge in [0, 0.05) is 10.8 Å². The van der Waals surface area contributed by atoms with Crippen molar-refractivity contribution in [3.63, 3.8) is 0 Å². The maximum Gasteiger partial charge on any atom is 0.341 e. The van der Waals surface area contributed by atoms with E-state index in [2.05, 4.69) is 0 Å². The lowest BCUT2D eigenvalue weighted by atomic mass is 10.1. The fourth-order valence-electron chi connectivity index (χ4n) is 2.04. The van der Waals surface area contributed by atoms with E-state index in [1.54, 1.807) is 0 Å². The SMILES string of the molecule is O=C(O)COc1cc2cocc2cc1N(CC(=O)O)CC(=O)O. The van der Waals surface area contributed by atoms with Crippen molar-refractivity contribution >= 4 is 34.4 Å². The Kier molecular flexibility index (Phi) is 4.69. The highest BCUT2D eigenvalue weighted by Crippen LogP contribution is 2.34. The number of carbonyl (C=O) groups is 3. The number of carboxylic acids is 3. The predicted octanol–water partition coefficient (Wildman–Crippen LogP) is 0.872. The molecule has 2 aromatic rings. The van der Waals surface area contributed by atoms with Gasteiger partial charge in [-0.15, -0.1) is 0 Å². The zero-order chi connectivity index (χ0) is 17.0. The third-order valence-corrected chi connectivity index (χ3v) is 2.90. The molecular formula is C14H13NO8. The van der Waals surface area contributed by atoms with Crippen LogP contribution in [0.1, 0.15) is 0 Å². The topological polar surface area (TPSA) is 138 Å². The van der Waals surface area contributed by atoms with Crippen LogP contribution in [0.2, 0.25) is 0 Å². The summed E-state index contributed by atoms with van der Waals surface area (Å²) in [5.41, 5.74) is 0.157. The summed E-state index contributed by atoms with van der Waals surface area (Å²) in [5.74, 6) is -3.62. The Hall–Kier alpha value is -3.23. The number of carboxylic acid groups (broad SMARTS) is 3. The second-order valence-electron chi connectivity index (χ2n) is 4.65. The van der Waals surface area contributed by atoms with E-state index in [0.717, 1.165) is 4.90 Å². The molecule has 1 aromatic carbocycles. The molecule has 3 N–H and O–H groups in total. The molecule has 122 valence electrons. The van der Waals surface area contributed by atoms with Crippen LogP contribution in [0.3, 0.4) is 0 Å². The highest BCUT2D eigenvalue weighted by atomic mass is 16.5. The molecule has 0 radical (unpaired) electrons. The van der Waals surface area contributed by atoms with Crippen LogP contribution >= 0.6 is 0 Å². The second kappa shape index (κ2) is 6.69. The lowest BCUT2D eigenvalue weighted by Gasteiger charge is -2.23. The monoisotopic (exact) mass is 323 g/mol. The van der Waals surface area contributed by atoms with Crippen molar-refractivity contribution in [2.24, 2.45) is 0 Å². The molecule has 0 amide bonds. The normalized spacial score (nSPS) is 10.4. The molecule has 0 bridgehead atoms. The molecule has 0 saturated carbocycles. The molecule has 0 spiro atoms. The summed E-state index contributed by atoms with van der Waals surface area (Å²) in [4.78, 5) is 33.7. The number of hydrogen-bond acceptors (Lipinski definition) is 6. The third kappa shape index (κ3) is 4.13. The zero-order valence-corrected chi connectivity index (χ0v) is 11.8. The van der Waals surface area contributed by atoms with Gasteiger partial charge in [0.2, 0.25) is 0 Å². The summed E-state index contributed by atoms with van der Waals surface area (Å²) in [6.45, 7) is -1.82. The van der Waals surface area contributed by atoms with Crippen LogP contribution in [-0.4, -0.2) is 52.9 Å². The Morgan fingerprint density at radius 1 is 0.957 bits per heavy atom. The first-order valence-corrected chi connectivity index (χ1v) is 6.40. The number of fused-ring (bicyclic) bond motifs is 1. The highest BCUT2D eigenvalue weighted by Gasteiger charge is 2.20. The van der Waals surface area contributed by atoms with Crippen LogP contribution in [0.4, 0.5) is 5.69 Å². The summed E-state index contributed by atoms with van der Waals surface area (Å²) in [7, 11) is 0. The van der Waals surface area contributed by atoms with Crippen molar-refractivity contribution in [2.45, 2.75) is 0 Å². The summed E-state index contributed by atoms with van der Waals surface area (Å²) in [5, 5.41) is 27.8. The number of ether oxygens (including phenoxy) is 1. The minimum atomic E-state index is -1.23. The van der Waals surface area contributed by atoms with Crippen LogP contribution < -0.4 is 9.64 Å². The van der Waals surface area contributed by atoms with Crippen molar-refractivity contribution in [2.75, 3.05) is 24.6 Å². The minimum Gasteiger partial charge on any atom is -0.480 e. The highest BCUT2D eigenvalue weighted by molar-refractivity contribution is 5.90. The fourth-order valence-corrected chi connectivity index (χ4v) is 2.04. The molecule has 2 rings (SSSR count).